The molecule has 4 fully saturated rings. The lowest BCUT2D eigenvalue weighted by Crippen LogP contribution is -2.70. The number of rotatable bonds is 13. The normalized spacial score (nSPS) is 38.6. The molecule has 9 heteroatoms. The molecular weight excluding hydrogens is 747 g/mol. The number of esters is 1. The minimum Gasteiger partial charge on any atom is -0.465 e. The van der Waals surface area contributed by atoms with Gasteiger partial charge in [-0.2, -0.15) is 4.31 Å². The van der Waals surface area contributed by atoms with Gasteiger partial charge in [-0.25, -0.2) is 8.42 Å². The van der Waals surface area contributed by atoms with E-state index in [0.29, 0.717) is 48.4 Å². The molecule has 1 aliphatic heterocycles. The molecular formula is C49H79NO7S. The van der Waals surface area contributed by atoms with E-state index >= 15 is 0 Å². The van der Waals surface area contributed by atoms with Crippen LogP contribution in [0.25, 0.3) is 0 Å². The Morgan fingerprint density at radius 3 is 2.28 bits per heavy atom. The summed E-state index contributed by atoms with van der Waals surface area (Å²) in [6, 6.07) is 6.67. The van der Waals surface area contributed by atoms with Crippen LogP contribution in [0.15, 0.2) is 40.8 Å². The average molecular weight is 826 g/mol. The zero-order valence-corrected chi connectivity index (χ0v) is 39.5. The quantitative estimate of drug-likeness (QED) is 0.111. The van der Waals surface area contributed by atoms with Gasteiger partial charge in [-0.3, -0.25) is 4.79 Å². The Morgan fingerprint density at radius 2 is 1.67 bits per heavy atom. The van der Waals surface area contributed by atoms with Crippen LogP contribution in [0.4, 0.5) is 0 Å². The predicted molar refractivity (Wildman–Crippen MR) is 232 cm³/mol. The van der Waals surface area contributed by atoms with Gasteiger partial charge in [0.1, 0.15) is 0 Å². The minimum atomic E-state index is -3.77. The molecule has 58 heavy (non-hydrogen) atoms. The second kappa shape index (κ2) is 16.2. The zero-order valence-electron chi connectivity index (χ0n) is 38.7. The van der Waals surface area contributed by atoms with E-state index in [9.17, 15) is 13.2 Å². The largest absolute Gasteiger partial charge is 0.465 e. The van der Waals surface area contributed by atoms with Crippen LogP contribution < -0.4 is 0 Å². The summed E-state index contributed by atoms with van der Waals surface area (Å²) in [5.74, 6) is 1.32. The highest BCUT2D eigenvalue weighted by Gasteiger charge is 2.72. The third-order valence-corrected chi connectivity index (χ3v) is 19.6. The number of methoxy groups -OCH3 is 1. The van der Waals surface area contributed by atoms with Crippen molar-refractivity contribution in [3.8, 4) is 0 Å². The lowest BCUT2D eigenvalue weighted by atomic mass is 9.34. The number of sulfonamides is 1. The van der Waals surface area contributed by atoms with Gasteiger partial charge in [0.05, 0.1) is 55.5 Å². The Kier molecular flexibility index (Phi) is 12.7. The van der Waals surface area contributed by atoms with Gasteiger partial charge in [-0.05, 0) is 109 Å². The fourth-order valence-corrected chi connectivity index (χ4v) is 15.1. The number of likely N-dealkylation sites (N-methyl/N-ethyl adjacent to an activating group) is 1. The summed E-state index contributed by atoms with van der Waals surface area (Å²) in [7, 11) is -0.262. The van der Waals surface area contributed by atoms with Crippen LogP contribution in [-0.2, 0) is 33.8 Å². The molecule has 0 spiro atoms. The summed E-state index contributed by atoms with van der Waals surface area (Å²) >= 11 is 0. The number of carbonyl (C=O) groups excluding carboxylic acids is 1. The van der Waals surface area contributed by atoms with Gasteiger partial charge >= 0.3 is 5.97 Å². The number of fused-ring (bicyclic) bond motifs is 3. The van der Waals surface area contributed by atoms with Gasteiger partial charge in [0.2, 0.25) is 10.0 Å². The van der Waals surface area contributed by atoms with Gasteiger partial charge in [0.15, 0.2) is 0 Å². The Morgan fingerprint density at radius 1 is 1.00 bits per heavy atom. The van der Waals surface area contributed by atoms with Crippen molar-refractivity contribution in [3.05, 3.63) is 41.5 Å². The van der Waals surface area contributed by atoms with Crippen LogP contribution in [0.2, 0.25) is 0 Å². The maximum Gasteiger partial charge on any atom is 0.310 e. The topological polar surface area (TPSA) is 91.4 Å². The molecule has 6 rings (SSSR count). The van der Waals surface area contributed by atoms with Gasteiger partial charge in [-0.1, -0.05) is 112 Å². The third kappa shape index (κ3) is 7.18. The smallest absolute Gasteiger partial charge is 0.310 e. The SMILES string of the molecule is CCCCOC(=O)[C@@H]1[C@@](C)([C@H](C)C(C)C)CC[C@]2(C)[C@H]3CC[C@@H]4[C@@]5(COC[C@]4(C)[C@@H](OC[C@H](N(C)S(=O)(=O)c4ccc(C)cc4)C(C)(C)C)[C@H](OC)C5)C3=CC[C@@]12C. The molecule has 5 aliphatic rings. The highest BCUT2D eigenvalue weighted by atomic mass is 32.2. The summed E-state index contributed by atoms with van der Waals surface area (Å²) < 4.78 is 56.1. The maximum atomic E-state index is 14.6. The molecule has 0 radical (unpaired) electrons. The van der Waals surface area contributed by atoms with E-state index < -0.39 is 21.5 Å². The van der Waals surface area contributed by atoms with Gasteiger partial charge in [-0.15, -0.1) is 0 Å². The van der Waals surface area contributed by atoms with Crippen molar-refractivity contribution in [2.24, 2.45) is 62.1 Å². The fourth-order valence-electron chi connectivity index (χ4n) is 13.6. The molecule has 2 bridgehead atoms. The number of unbranched alkanes of at least 4 members (excludes halogenated alkanes) is 1. The number of allylic oxidation sites excluding steroid dienone is 1. The van der Waals surface area contributed by atoms with Crippen molar-refractivity contribution in [1.82, 2.24) is 4.31 Å². The van der Waals surface area contributed by atoms with E-state index in [1.54, 1.807) is 19.2 Å². The van der Waals surface area contributed by atoms with E-state index in [-0.39, 0.29) is 57.8 Å². The number of carbonyl (C=O) groups is 1. The van der Waals surface area contributed by atoms with E-state index in [4.69, 9.17) is 18.9 Å². The molecule has 0 N–H and O–H groups in total. The summed E-state index contributed by atoms with van der Waals surface area (Å²) in [5, 5.41) is 0. The monoisotopic (exact) mass is 826 g/mol. The number of benzene rings is 1. The van der Waals surface area contributed by atoms with Crippen molar-refractivity contribution in [3.63, 3.8) is 0 Å². The van der Waals surface area contributed by atoms with Crippen molar-refractivity contribution < 1.29 is 32.2 Å². The van der Waals surface area contributed by atoms with Crippen molar-refractivity contribution >= 4 is 16.0 Å². The fraction of sp³-hybridized carbons (Fsp3) is 0.816. The standard InChI is InChI=1S/C49H79NO7S/c1-15-16-27-56-43(51)41-45(9,34(5)32(2)3)25-26-47(11)36-21-22-39-46(10)30-55-31-49(39,37(36)23-24-48(41,47)12)28-38(54-14)42(46)57-29-40(44(6,7)8)50(13)58(52,53)35-19-17-33(4)18-20-35/h17-20,23,32,34,36,38-42H,15-16,21-22,24-31H2,1-14H3/t34-,36+,38-,39+,40+,41-,42+,45-,46+,47-,48+,49+/m1/s1. The van der Waals surface area contributed by atoms with Gasteiger partial charge < -0.3 is 18.9 Å². The lowest BCUT2D eigenvalue weighted by molar-refractivity contribution is -0.269. The van der Waals surface area contributed by atoms with Crippen molar-refractivity contribution in [2.45, 2.75) is 158 Å². The first-order valence-corrected chi connectivity index (χ1v) is 24.1. The summed E-state index contributed by atoms with van der Waals surface area (Å²) in [4.78, 5) is 14.9. The summed E-state index contributed by atoms with van der Waals surface area (Å²) in [6.45, 7) is 29.0. The molecule has 12 atom stereocenters. The summed E-state index contributed by atoms with van der Waals surface area (Å²) in [5.41, 5.74) is 1.12. The number of aryl methyl sites for hydroxylation is 1. The molecule has 1 aromatic rings. The molecule has 0 amide bonds. The highest BCUT2D eigenvalue weighted by molar-refractivity contribution is 7.89. The van der Waals surface area contributed by atoms with Crippen LogP contribution in [0.5, 0.6) is 0 Å². The molecule has 8 nitrogen and oxygen atoms in total. The molecule has 1 aromatic carbocycles. The molecule has 0 aromatic heterocycles. The van der Waals surface area contributed by atoms with E-state index in [0.717, 1.165) is 56.9 Å². The van der Waals surface area contributed by atoms with Crippen molar-refractivity contribution in [2.75, 3.05) is 40.6 Å². The van der Waals surface area contributed by atoms with Crippen LogP contribution >= 0.6 is 0 Å². The number of ether oxygens (including phenoxy) is 4. The molecule has 4 aliphatic carbocycles. The molecule has 1 saturated heterocycles. The van der Waals surface area contributed by atoms with Gasteiger partial charge in [0, 0.05) is 25.0 Å². The summed E-state index contributed by atoms with van der Waals surface area (Å²) in [6.07, 6.45) is 9.88. The molecule has 0 unspecified atom stereocenters. The van der Waals surface area contributed by atoms with Crippen molar-refractivity contribution in [1.29, 1.82) is 0 Å². The van der Waals surface area contributed by atoms with E-state index in [2.05, 4.69) is 82.2 Å². The molecule has 328 valence electrons. The Bertz CT molecular complexity index is 1790. The molecule has 1 heterocycles. The van der Waals surface area contributed by atoms with E-state index in [1.807, 2.05) is 26.2 Å². The first kappa shape index (κ1) is 45.7. The number of nitrogens with zero attached hydrogens (tertiary/aromatic N) is 1. The van der Waals surface area contributed by atoms with Crippen LogP contribution in [0, 0.1) is 69.0 Å². The molecule has 3 saturated carbocycles. The van der Waals surface area contributed by atoms with E-state index in [1.165, 1.54) is 9.88 Å². The third-order valence-electron chi connectivity index (χ3n) is 17.7. The number of hydrogen-bond acceptors (Lipinski definition) is 7. The van der Waals surface area contributed by atoms with Crippen LogP contribution in [-0.4, -0.2) is 77.5 Å². The Balaban J connectivity index is 1.33. The number of hydrogen-bond donors (Lipinski definition) is 0. The second-order valence-corrected chi connectivity index (χ2v) is 24.0. The lowest BCUT2D eigenvalue weighted by Gasteiger charge is -2.71. The zero-order chi connectivity index (χ0) is 42.9. The van der Waals surface area contributed by atoms with Crippen LogP contribution in [0.1, 0.15) is 133 Å². The average Bonchev–Trinajstić information content (AvgIpc) is 3.15. The first-order valence-electron chi connectivity index (χ1n) is 22.6. The second-order valence-electron chi connectivity index (χ2n) is 22.0. The maximum absolute atomic E-state index is 14.6. The van der Waals surface area contributed by atoms with Crippen LogP contribution in [0.3, 0.4) is 0 Å². The Hall–Kier alpha value is -1.78. The highest BCUT2D eigenvalue weighted by Crippen LogP contribution is 2.75. The minimum absolute atomic E-state index is 0.0112. The Labute approximate surface area is 353 Å². The first-order chi connectivity index (χ1) is 27.0. The predicted octanol–water partition coefficient (Wildman–Crippen LogP) is 10.3. The van der Waals surface area contributed by atoms with Gasteiger partial charge in [0.25, 0.3) is 0 Å².